The van der Waals surface area contributed by atoms with Crippen LogP contribution in [-0.2, 0) is 14.3 Å². The molecule has 19 heavy (non-hydrogen) atoms. The number of benzene rings is 1. The maximum absolute atomic E-state index is 11.2. The third-order valence-corrected chi connectivity index (χ3v) is 2.22. The van der Waals surface area contributed by atoms with Gasteiger partial charge in [-0.05, 0) is 32.1 Å². The van der Waals surface area contributed by atoms with Crippen LogP contribution in [0.25, 0.3) is 6.08 Å². The van der Waals surface area contributed by atoms with Gasteiger partial charge in [0.05, 0.1) is 6.61 Å². The summed E-state index contributed by atoms with van der Waals surface area (Å²) in [5.41, 5.74) is 1.57. The first-order valence-electron chi connectivity index (χ1n) is 5.83. The number of aryl methyl sites for hydroxylation is 1. The maximum atomic E-state index is 11.2. The smallest absolute Gasteiger partial charge is 0.344 e. The minimum absolute atomic E-state index is 0.204. The lowest BCUT2D eigenvalue weighted by Crippen LogP contribution is -2.14. The van der Waals surface area contributed by atoms with Crippen LogP contribution in [0.5, 0.6) is 5.75 Å². The van der Waals surface area contributed by atoms with Gasteiger partial charge in [0, 0.05) is 11.6 Å². The molecule has 0 aromatic heterocycles. The molecule has 0 bridgehead atoms. The first-order valence-corrected chi connectivity index (χ1v) is 5.83. The molecule has 0 aliphatic carbocycles. The summed E-state index contributed by atoms with van der Waals surface area (Å²) in [6.45, 7) is 3.69. The van der Waals surface area contributed by atoms with Gasteiger partial charge in [0.25, 0.3) is 0 Å². The molecule has 0 saturated heterocycles. The van der Waals surface area contributed by atoms with Crippen molar-refractivity contribution >= 4 is 18.0 Å². The zero-order chi connectivity index (χ0) is 14.3. The lowest BCUT2D eigenvalue weighted by molar-refractivity contribution is -0.145. The van der Waals surface area contributed by atoms with E-state index in [-0.39, 0.29) is 6.61 Å². The number of carbonyl (C=O) groups excluding carboxylic acids is 1. The Morgan fingerprint density at radius 3 is 2.74 bits per heavy atom. The summed E-state index contributed by atoms with van der Waals surface area (Å²) in [4.78, 5) is 21.7. The Balaban J connectivity index is 2.81. The summed E-state index contributed by atoms with van der Waals surface area (Å²) in [6, 6.07) is 5.29. The molecule has 0 heterocycles. The molecule has 0 aliphatic rings. The van der Waals surface area contributed by atoms with E-state index in [4.69, 9.17) is 14.6 Å². The SMILES string of the molecule is CCOC(=O)COc1ccc(C)cc1C=CC(=O)O. The van der Waals surface area contributed by atoms with E-state index in [2.05, 4.69) is 0 Å². The summed E-state index contributed by atoms with van der Waals surface area (Å²) >= 11 is 0. The number of hydrogen-bond acceptors (Lipinski definition) is 4. The molecule has 1 aromatic rings. The number of rotatable bonds is 6. The lowest BCUT2D eigenvalue weighted by atomic mass is 10.1. The second-order valence-electron chi connectivity index (χ2n) is 3.81. The Hall–Kier alpha value is -2.30. The van der Waals surface area contributed by atoms with Crippen LogP contribution in [0.4, 0.5) is 0 Å². The fourth-order valence-corrected chi connectivity index (χ4v) is 1.43. The van der Waals surface area contributed by atoms with Crippen LogP contribution >= 0.6 is 0 Å². The minimum atomic E-state index is -1.04. The molecule has 1 aromatic carbocycles. The van der Waals surface area contributed by atoms with E-state index in [0.717, 1.165) is 11.6 Å². The standard InChI is InChI=1S/C14H16O5/c1-3-18-14(17)9-19-12-6-4-10(2)8-11(12)5-7-13(15)16/h4-8H,3,9H2,1-2H3,(H,15,16). The summed E-state index contributed by atoms with van der Waals surface area (Å²) in [6.07, 6.45) is 2.45. The number of carboxylic acid groups (broad SMARTS) is 1. The number of esters is 1. The summed E-state index contributed by atoms with van der Waals surface area (Å²) in [7, 11) is 0. The zero-order valence-corrected chi connectivity index (χ0v) is 10.9. The van der Waals surface area contributed by atoms with E-state index in [1.54, 1.807) is 19.1 Å². The minimum Gasteiger partial charge on any atom is -0.481 e. The van der Waals surface area contributed by atoms with Crippen molar-refractivity contribution < 1.29 is 24.2 Å². The van der Waals surface area contributed by atoms with Gasteiger partial charge in [-0.25, -0.2) is 9.59 Å². The van der Waals surface area contributed by atoms with E-state index >= 15 is 0 Å². The van der Waals surface area contributed by atoms with E-state index in [1.165, 1.54) is 6.08 Å². The average Bonchev–Trinajstić information content (AvgIpc) is 2.35. The van der Waals surface area contributed by atoms with Crippen molar-refractivity contribution in [3.8, 4) is 5.75 Å². The Kier molecular flexibility index (Phi) is 5.60. The van der Waals surface area contributed by atoms with Gasteiger partial charge in [-0.3, -0.25) is 0 Å². The van der Waals surface area contributed by atoms with Crippen molar-refractivity contribution in [2.75, 3.05) is 13.2 Å². The van der Waals surface area contributed by atoms with E-state index in [1.807, 2.05) is 13.0 Å². The fraction of sp³-hybridized carbons (Fsp3) is 0.286. The topological polar surface area (TPSA) is 72.8 Å². The molecular formula is C14H16O5. The Morgan fingerprint density at radius 1 is 1.37 bits per heavy atom. The zero-order valence-electron chi connectivity index (χ0n) is 10.9. The Bertz CT molecular complexity index is 491. The molecule has 0 amide bonds. The number of carbonyl (C=O) groups is 2. The highest BCUT2D eigenvalue weighted by Crippen LogP contribution is 2.21. The lowest BCUT2D eigenvalue weighted by Gasteiger charge is -2.09. The van der Waals surface area contributed by atoms with Gasteiger partial charge in [0.15, 0.2) is 6.61 Å². The predicted octanol–water partition coefficient (Wildman–Crippen LogP) is 2.03. The summed E-state index contributed by atoms with van der Waals surface area (Å²) in [5, 5.41) is 8.62. The number of carboxylic acids is 1. The van der Waals surface area contributed by atoms with Crippen LogP contribution in [0.1, 0.15) is 18.1 Å². The largest absolute Gasteiger partial charge is 0.481 e. The monoisotopic (exact) mass is 264 g/mol. The van der Waals surface area contributed by atoms with Gasteiger partial charge >= 0.3 is 11.9 Å². The molecule has 0 atom stereocenters. The van der Waals surface area contributed by atoms with E-state index in [9.17, 15) is 9.59 Å². The molecule has 0 spiro atoms. The van der Waals surface area contributed by atoms with Gasteiger partial charge in [-0.15, -0.1) is 0 Å². The van der Waals surface area contributed by atoms with Crippen molar-refractivity contribution in [3.05, 3.63) is 35.4 Å². The van der Waals surface area contributed by atoms with Gasteiger partial charge in [0.2, 0.25) is 0 Å². The second-order valence-corrected chi connectivity index (χ2v) is 3.81. The van der Waals surface area contributed by atoms with Gasteiger partial charge < -0.3 is 14.6 Å². The molecule has 102 valence electrons. The van der Waals surface area contributed by atoms with Crippen LogP contribution in [0.2, 0.25) is 0 Å². The van der Waals surface area contributed by atoms with Crippen molar-refractivity contribution in [1.29, 1.82) is 0 Å². The fourth-order valence-electron chi connectivity index (χ4n) is 1.43. The molecule has 5 nitrogen and oxygen atoms in total. The molecule has 0 saturated carbocycles. The molecule has 1 rings (SSSR count). The van der Waals surface area contributed by atoms with Gasteiger partial charge in [-0.1, -0.05) is 11.6 Å². The maximum Gasteiger partial charge on any atom is 0.344 e. The van der Waals surface area contributed by atoms with Gasteiger partial charge in [-0.2, -0.15) is 0 Å². The molecule has 0 fully saturated rings. The van der Waals surface area contributed by atoms with Crippen molar-refractivity contribution in [1.82, 2.24) is 0 Å². The highest BCUT2D eigenvalue weighted by Gasteiger charge is 2.06. The van der Waals surface area contributed by atoms with Crippen molar-refractivity contribution in [2.45, 2.75) is 13.8 Å². The van der Waals surface area contributed by atoms with Crippen molar-refractivity contribution in [3.63, 3.8) is 0 Å². The van der Waals surface area contributed by atoms with Crippen LogP contribution in [-0.4, -0.2) is 30.3 Å². The molecular weight excluding hydrogens is 248 g/mol. The number of aliphatic carboxylic acids is 1. The predicted molar refractivity (Wildman–Crippen MR) is 70.0 cm³/mol. The number of hydrogen-bond donors (Lipinski definition) is 1. The van der Waals surface area contributed by atoms with E-state index < -0.39 is 11.9 Å². The first kappa shape index (κ1) is 14.8. The molecule has 0 unspecified atom stereocenters. The normalized spacial score (nSPS) is 10.4. The second kappa shape index (κ2) is 7.20. The van der Waals surface area contributed by atoms with Crippen LogP contribution in [0.15, 0.2) is 24.3 Å². The third kappa shape index (κ3) is 5.25. The van der Waals surface area contributed by atoms with Gasteiger partial charge in [0.1, 0.15) is 5.75 Å². The van der Waals surface area contributed by atoms with Crippen LogP contribution in [0, 0.1) is 6.92 Å². The number of ether oxygens (including phenoxy) is 2. The van der Waals surface area contributed by atoms with Crippen molar-refractivity contribution in [2.24, 2.45) is 0 Å². The average molecular weight is 264 g/mol. The van der Waals surface area contributed by atoms with Crippen LogP contribution < -0.4 is 4.74 Å². The molecule has 5 heteroatoms. The first-order chi connectivity index (χ1) is 9.02. The summed E-state index contributed by atoms with van der Waals surface area (Å²) in [5.74, 6) is -1.06. The third-order valence-electron chi connectivity index (χ3n) is 2.22. The molecule has 1 N–H and O–H groups in total. The molecule has 0 aliphatic heterocycles. The van der Waals surface area contributed by atoms with E-state index in [0.29, 0.717) is 17.9 Å². The van der Waals surface area contributed by atoms with Crippen LogP contribution in [0.3, 0.4) is 0 Å². The summed E-state index contributed by atoms with van der Waals surface area (Å²) < 4.78 is 10.1. The highest BCUT2D eigenvalue weighted by atomic mass is 16.6. The molecule has 0 radical (unpaired) electrons. The quantitative estimate of drug-likeness (QED) is 0.628. The Labute approximate surface area is 111 Å². The highest BCUT2D eigenvalue weighted by molar-refractivity contribution is 5.86. The Morgan fingerprint density at radius 2 is 2.11 bits per heavy atom.